The second kappa shape index (κ2) is 5.49. The largest absolute Gasteiger partial charge is 0.478 e. The molecule has 5 nitrogen and oxygen atoms in total. The number of carboxylic acids is 1. The minimum Gasteiger partial charge on any atom is -0.478 e. The maximum absolute atomic E-state index is 11.8. The van der Waals surface area contributed by atoms with E-state index in [9.17, 15) is 9.59 Å². The van der Waals surface area contributed by atoms with Crippen LogP contribution in [-0.2, 0) is 0 Å². The summed E-state index contributed by atoms with van der Waals surface area (Å²) >= 11 is 5.81. The highest BCUT2D eigenvalue weighted by Gasteiger charge is 2.11. The number of aromatic nitrogens is 1. The maximum atomic E-state index is 11.8. The van der Waals surface area contributed by atoms with Crippen LogP contribution in [0.2, 0.25) is 5.02 Å². The fraction of sp³-hybridized carbons (Fsp3) is 0. The quantitative estimate of drug-likeness (QED) is 0.903. The Hall–Kier alpha value is -2.40. The molecule has 96 valence electrons. The number of halogens is 1. The second-order valence-corrected chi connectivity index (χ2v) is 4.10. The first-order valence-electron chi connectivity index (χ1n) is 5.32. The molecule has 0 unspecified atom stereocenters. The molecule has 0 aliphatic heterocycles. The molecule has 1 heterocycles. The third-order valence-electron chi connectivity index (χ3n) is 2.40. The van der Waals surface area contributed by atoms with Gasteiger partial charge in [0.25, 0.3) is 5.91 Å². The Labute approximate surface area is 113 Å². The van der Waals surface area contributed by atoms with Crippen LogP contribution >= 0.6 is 11.6 Å². The highest BCUT2D eigenvalue weighted by molar-refractivity contribution is 6.33. The number of carboxylic acid groups (broad SMARTS) is 1. The van der Waals surface area contributed by atoms with Gasteiger partial charge in [0.05, 0.1) is 10.6 Å². The zero-order chi connectivity index (χ0) is 13.8. The van der Waals surface area contributed by atoms with Gasteiger partial charge in [-0.2, -0.15) is 0 Å². The van der Waals surface area contributed by atoms with E-state index in [1.165, 1.54) is 30.6 Å². The summed E-state index contributed by atoms with van der Waals surface area (Å²) in [5, 5.41) is 11.5. The van der Waals surface area contributed by atoms with Gasteiger partial charge < -0.3 is 10.4 Å². The van der Waals surface area contributed by atoms with Crippen molar-refractivity contribution in [1.29, 1.82) is 0 Å². The minimum absolute atomic E-state index is 0.0106. The lowest BCUT2D eigenvalue weighted by Crippen LogP contribution is -2.12. The molecule has 0 aliphatic rings. The first kappa shape index (κ1) is 13.0. The van der Waals surface area contributed by atoms with E-state index in [0.29, 0.717) is 11.3 Å². The number of hydrogen-bond acceptors (Lipinski definition) is 3. The average molecular weight is 277 g/mol. The van der Waals surface area contributed by atoms with E-state index in [1.807, 2.05) is 0 Å². The van der Waals surface area contributed by atoms with Crippen LogP contribution in [0.15, 0.2) is 42.7 Å². The molecule has 1 amide bonds. The van der Waals surface area contributed by atoms with Gasteiger partial charge >= 0.3 is 5.97 Å². The first-order chi connectivity index (χ1) is 9.08. The molecular weight excluding hydrogens is 268 g/mol. The number of pyridine rings is 1. The van der Waals surface area contributed by atoms with Crippen LogP contribution in [0.4, 0.5) is 5.69 Å². The first-order valence-corrected chi connectivity index (χ1v) is 5.70. The molecule has 2 N–H and O–H groups in total. The molecule has 0 saturated heterocycles. The van der Waals surface area contributed by atoms with Gasteiger partial charge in [-0.25, -0.2) is 4.79 Å². The summed E-state index contributed by atoms with van der Waals surface area (Å²) in [6.07, 6.45) is 3.02. The molecule has 0 saturated carbocycles. The number of nitrogens with one attached hydrogen (secondary N) is 1. The Kier molecular flexibility index (Phi) is 3.77. The summed E-state index contributed by atoms with van der Waals surface area (Å²) in [6, 6.07) is 7.36. The van der Waals surface area contributed by atoms with Crippen LogP contribution in [0.1, 0.15) is 20.7 Å². The molecule has 0 aliphatic carbocycles. The fourth-order valence-corrected chi connectivity index (χ4v) is 1.73. The molecule has 1 aromatic heterocycles. The lowest BCUT2D eigenvalue weighted by Gasteiger charge is -2.06. The van der Waals surface area contributed by atoms with Crippen LogP contribution in [0, 0.1) is 0 Å². The van der Waals surface area contributed by atoms with Crippen molar-refractivity contribution < 1.29 is 14.7 Å². The van der Waals surface area contributed by atoms with Crippen LogP contribution in [0.5, 0.6) is 0 Å². The Balaban J connectivity index is 2.19. The molecule has 6 heteroatoms. The summed E-state index contributed by atoms with van der Waals surface area (Å²) in [7, 11) is 0. The van der Waals surface area contributed by atoms with Gasteiger partial charge in [0.15, 0.2) is 0 Å². The number of amides is 1. The Morgan fingerprint density at radius 1 is 1.16 bits per heavy atom. The third-order valence-corrected chi connectivity index (χ3v) is 2.71. The summed E-state index contributed by atoms with van der Waals surface area (Å²) < 4.78 is 0. The van der Waals surface area contributed by atoms with E-state index in [-0.39, 0.29) is 16.5 Å². The molecule has 0 fully saturated rings. The third kappa shape index (κ3) is 3.08. The zero-order valence-electron chi connectivity index (χ0n) is 9.63. The van der Waals surface area contributed by atoms with E-state index in [2.05, 4.69) is 10.3 Å². The SMILES string of the molecule is O=C(Nc1ccc(C(=O)O)c(Cl)c1)c1ccncc1. The minimum atomic E-state index is -1.11. The maximum Gasteiger partial charge on any atom is 0.337 e. The van der Waals surface area contributed by atoms with Gasteiger partial charge in [0, 0.05) is 23.6 Å². The van der Waals surface area contributed by atoms with Crippen LogP contribution < -0.4 is 5.32 Å². The number of carbonyl (C=O) groups excluding carboxylic acids is 1. The molecule has 19 heavy (non-hydrogen) atoms. The average Bonchev–Trinajstić information content (AvgIpc) is 2.39. The molecule has 2 aromatic rings. The van der Waals surface area contributed by atoms with Gasteiger partial charge in [-0.1, -0.05) is 11.6 Å². The number of aromatic carboxylic acids is 1. The van der Waals surface area contributed by atoms with Gasteiger partial charge in [-0.05, 0) is 30.3 Å². The second-order valence-electron chi connectivity index (χ2n) is 3.69. The number of hydrogen-bond donors (Lipinski definition) is 2. The lowest BCUT2D eigenvalue weighted by molar-refractivity contribution is 0.0697. The van der Waals surface area contributed by atoms with Gasteiger partial charge in [0.2, 0.25) is 0 Å². The van der Waals surface area contributed by atoms with Crippen LogP contribution in [0.25, 0.3) is 0 Å². The zero-order valence-corrected chi connectivity index (χ0v) is 10.4. The van der Waals surface area contributed by atoms with E-state index < -0.39 is 5.97 Å². The van der Waals surface area contributed by atoms with Crippen molar-refractivity contribution in [3.8, 4) is 0 Å². The van der Waals surface area contributed by atoms with Crippen molar-refractivity contribution in [2.45, 2.75) is 0 Å². The monoisotopic (exact) mass is 276 g/mol. The molecular formula is C13H9ClN2O3. The molecule has 0 radical (unpaired) electrons. The Morgan fingerprint density at radius 2 is 1.84 bits per heavy atom. The predicted octanol–water partition coefficient (Wildman–Crippen LogP) is 2.69. The number of rotatable bonds is 3. The van der Waals surface area contributed by atoms with Crippen LogP contribution in [-0.4, -0.2) is 22.0 Å². The number of nitrogens with zero attached hydrogens (tertiary/aromatic N) is 1. The summed E-state index contributed by atoms with van der Waals surface area (Å²) in [6.45, 7) is 0. The molecule has 0 atom stereocenters. The summed E-state index contributed by atoms with van der Waals surface area (Å²) in [5.41, 5.74) is 0.869. The van der Waals surface area contributed by atoms with Gasteiger partial charge in [-0.3, -0.25) is 9.78 Å². The van der Waals surface area contributed by atoms with E-state index in [1.54, 1.807) is 12.1 Å². The highest BCUT2D eigenvalue weighted by Crippen LogP contribution is 2.21. The lowest BCUT2D eigenvalue weighted by atomic mass is 10.2. The fourth-order valence-electron chi connectivity index (χ4n) is 1.47. The number of carbonyl (C=O) groups is 2. The molecule has 0 spiro atoms. The molecule has 0 bridgehead atoms. The smallest absolute Gasteiger partial charge is 0.337 e. The van der Waals surface area contributed by atoms with Gasteiger partial charge in [0.1, 0.15) is 0 Å². The normalized spacial score (nSPS) is 9.95. The topological polar surface area (TPSA) is 79.3 Å². The summed E-state index contributed by atoms with van der Waals surface area (Å²) in [5.74, 6) is -1.43. The van der Waals surface area contributed by atoms with Crippen molar-refractivity contribution in [1.82, 2.24) is 4.98 Å². The Bertz CT molecular complexity index is 629. The highest BCUT2D eigenvalue weighted by atomic mass is 35.5. The van der Waals surface area contributed by atoms with Crippen LogP contribution in [0.3, 0.4) is 0 Å². The van der Waals surface area contributed by atoms with Crippen molar-refractivity contribution in [2.24, 2.45) is 0 Å². The van der Waals surface area contributed by atoms with Crippen molar-refractivity contribution in [3.05, 3.63) is 58.9 Å². The molecule has 2 rings (SSSR count). The van der Waals surface area contributed by atoms with Crippen molar-refractivity contribution in [3.63, 3.8) is 0 Å². The molecule has 1 aromatic carbocycles. The van der Waals surface area contributed by atoms with E-state index in [0.717, 1.165) is 0 Å². The van der Waals surface area contributed by atoms with Gasteiger partial charge in [-0.15, -0.1) is 0 Å². The predicted molar refractivity (Wildman–Crippen MR) is 70.6 cm³/mol. The van der Waals surface area contributed by atoms with E-state index >= 15 is 0 Å². The van der Waals surface area contributed by atoms with Crippen molar-refractivity contribution in [2.75, 3.05) is 5.32 Å². The Morgan fingerprint density at radius 3 is 2.42 bits per heavy atom. The summed E-state index contributed by atoms with van der Waals surface area (Å²) in [4.78, 5) is 26.5. The number of anilines is 1. The number of benzene rings is 1. The standard InChI is InChI=1S/C13H9ClN2O3/c14-11-7-9(1-2-10(11)13(18)19)16-12(17)8-3-5-15-6-4-8/h1-7H,(H,16,17)(H,18,19). The van der Waals surface area contributed by atoms with Crippen molar-refractivity contribution >= 4 is 29.2 Å². The van der Waals surface area contributed by atoms with E-state index in [4.69, 9.17) is 16.7 Å².